The summed E-state index contributed by atoms with van der Waals surface area (Å²) in [5.41, 5.74) is 9.20. The molecule has 2 aromatic rings. The van der Waals surface area contributed by atoms with Gasteiger partial charge in [-0.05, 0) is 47.8 Å². The maximum atomic E-state index is 12.9. The van der Waals surface area contributed by atoms with Gasteiger partial charge in [0.1, 0.15) is 0 Å². The minimum Gasteiger partial charge on any atom is -0.394 e. The van der Waals surface area contributed by atoms with E-state index in [1.54, 1.807) is 11.8 Å². The summed E-state index contributed by atoms with van der Waals surface area (Å²) in [4.78, 5) is 12.9. The Balaban J connectivity index is 2.28. The number of carbonyl (C=O) groups is 1. The molecule has 0 radical (unpaired) electrons. The number of aliphatic hydroxyl groups excluding tert-OH is 1. The van der Waals surface area contributed by atoms with Gasteiger partial charge in [-0.2, -0.15) is 24.4 Å². The molecule has 0 spiro atoms. The number of thioether (sulfide) groups is 1. The maximum absolute atomic E-state index is 12.9. The molecule has 0 heterocycles. The van der Waals surface area contributed by atoms with Gasteiger partial charge in [0, 0.05) is 29.6 Å². The van der Waals surface area contributed by atoms with E-state index in [4.69, 9.17) is 5.73 Å². The third-order valence-electron chi connectivity index (χ3n) is 4.38. The first-order chi connectivity index (χ1) is 13.6. The Morgan fingerprint density at radius 2 is 2.00 bits per heavy atom. The number of anilines is 1. The van der Waals surface area contributed by atoms with Crippen LogP contribution in [0.4, 0.5) is 5.69 Å². The van der Waals surface area contributed by atoms with Crippen LogP contribution in [0.5, 0.6) is 0 Å². The number of nitrogens with one attached hydrogen (secondary N) is 2. The highest BCUT2D eigenvalue weighted by Crippen LogP contribution is 2.27. The molecule has 5 nitrogen and oxygen atoms in total. The summed E-state index contributed by atoms with van der Waals surface area (Å²) in [6.45, 7) is 0.527. The molecule has 0 fully saturated rings. The Hall–Kier alpha value is -1.67. The number of carbonyl (C=O) groups excluding carboxylic acids is 1. The average Bonchev–Trinajstić information content (AvgIpc) is 2.75. The van der Waals surface area contributed by atoms with Crippen molar-refractivity contribution < 1.29 is 9.90 Å². The molecule has 0 saturated heterocycles. The Morgan fingerprint density at radius 3 is 2.64 bits per heavy atom. The smallest absolute Gasteiger partial charge is 0.252 e. The lowest BCUT2D eigenvalue weighted by molar-refractivity contribution is 0.0916. The Bertz CT molecular complexity index is 744. The second-order valence-corrected chi connectivity index (χ2v) is 7.94. The molecule has 28 heavy (non-hydrogen) atoms. The molecule has 2 unspecified atom stereocenters. The van der Waals surface area contributed by atoms with E-state index in [9.17, 15) is 9.90 Å². The molecule has 152 valence electrons. The summed E-state index contributed by atoms with van der Waals surface area (Å²) in [6, 6.07) is 15.2. The zero-order valence-corrected chi connectivity index (χ0v) is 17.8. The number of amides is 1. The second-order valence-electron chi connectivity index (χ2n) is 6.58. The third-order valence-corrected chi connectivity index (χ3v) is 5.49. The van der Waals surface area contributed by atoms with Crippen molar-refractivity contribution in [1.82, 2.24) is 5.32 Å². The van der Waals surface area contributed by atoms with Gasteiger partial charge in [-0.1, -0.05) is 30.3 Å². The molecule has 2 aromatic carbocycles. The van der Waals surface area contributed by atoms with Crippen molar-refractivity contribution in [2.75, 3.05) is 36.2 Å². The van der Waals surface area contributed by atoms with Gasteiger partial charge >= 0.3 is 0 Å². The highest BCUT2D eigenvalue weighted by Gasteiger charge is 2.17. The van der Waals surface area contributed by atoms with Crippen LogP contribution in [0.3, 0.4) is 0 Å². The molecule has 0 aromatic heterocycles. The van der Waals surface area contributed by atoms with E-state index in [2.05, 4.69) is 23.3 Å². The normalized spacial score (nSPS) is 13.0. The van der Waals surface area contributed by atoms with Gasteiger partial charge in [-0.25, -0.2) is 0 Å². The first-order valence-corrected chi connectivity index (χ1v) is 11.3. The molecule has 5 N–H and O–H groups in total. The fourth-order valence-electron chi connectivity index (χ4n) is 2.75. The van der Waals surface area contributed by atoms with Crippen LogP contribution in [0.25, 0.3) is 11.1 Å². The lowest BCUT2D eigenvalue weighted by Crippen LogP contribution is -2.38. The van der Waals surface area contributed by atoms with Crippen molar-refractivity contribution in [3.8, 4) is 11.1 Å². The van der Waals surface area contributed by atoms with Crippen LogP contribution in [-0.2, 0) is 0 Å². The SMILES string of the molecule is CSCCC(CO)NC(=O)c1ccc(NCC(N)CS)cc1-c1ccccc1. The zero-order chi connectivity index (χ0) is 20.4. The zero-order valence-electron chi connectivity index (χ0n) is 16.1. The molecule has 7 heteroatoms. The van der Waals surface area contributed by atoms with Crippen LogP contribution < -0.4 is 16.4 Å². The summed E-state index contributed by atoms with van der Waals surface area (Å²) in [5, 5.41) is 15.8. The van der Waals surface area contributed by atoms with E-state index >= 15 is 0 Å². The van der Waals surface area contributed by atoms with Crippen LogP contribution in [0.1, 0.15) is 16.8 Å². The van der Waals surface area contributed by atoms with Crippen molar-refractivity contribution in [1.29, 1.82) is 0 Å². The lowest BCUT2D eigenvalue weighted by atomic mass is 9.98. The molecule has 0 aliphatic carbocycles. The van der Waals surface area contributed by atoms with Gasteiger partial charge in [0.05, 0.1) is 12.6 Å². The summed E-state index contributed by atoms with van der Waals surface area (Å²) < 4.78 is 0. The van der Waals surface area contributed by atoms with Crippen LogP contribution in [0, 0.1) is 0 Å². The van der Waals surface area contributed by atoms with E-state index in [1.165, 1.54) is 0 Å². The molecule has 2 atom stereocenters. The first-order valence-electron chi connectivity index (χ1n) is 9.29. The van der Waals surface area contributed by atoms with E-state index < -0.39 is 0 Å². The number of nitrogens with two attached hydrogens (primary N) is 1. The highest BCUT2D eigenvalue weighted by atomic mass is 32.2. The van der Waals surface area contributed by atoms with E-state index in [1.807, 2.05) is 54.8 Å². The molecule has 1 amide bonds. The summed E-state index contributed by atoms with van der Waals surface area (Å²) in [5.74, 6) is 1.29. The van der Waals surface area contributed by atoms with Gasteiger partial charge in [0.15, 0.2) is 0 Å². The lowest BCUT2D eigenvalue weighted by Gasteiger charge is -2.19. The number of aliphatic hydroxyl groups is 1. The Labute approximate surface area is 176 Å². The van der Waals surface area contributed by atoms with Gasteiger partial charge in [-0.3, -0.25) is 4.79 Å². The van der Waals surface area contributed by atoms with Gasteiger partial charge < -0.3 is 21.5 Å². The summed E-state index contributed by atoms with van der Waals surface area (Å²) in [6.07, 6.45) is 2.74. The fraction of sp³-hybridized carbons (Fsp3) is 0.381. The number of thiol groups is 1. The van der Waals surface area contributed by atoms with Gasteiger partial charge in [0.25, 0.3) is 5.91 Å². The maximum Gasteiger partial charge on any atom is 0.252 e. The number of benzene rings is 2. The van der Waals surface area contributed by atoms with Crippen molar-refractivity contribution in [2.45, 2.75) is 18.5 Å². The van der Waals surface area contributed by atoms with Crippen molar-refractivity contribution in [3.05, 3.63) is 54.1 Å². The van der Waals surface area contributed by atoms with Crippen molar-refractivity contribution >= 4 is 36.0 Å². The molecule has 0 saturated carbocycles. The Morgan fingerprint density at radius 1 is 1.25 bits per heavy atom. The van der Waals surface area contributed by atoms with Crippen LogP contribution in [0.2, 0.25) is 0 Å². The number of hydrogen-bond acceptors (Lipinski definition) is 6. The molecule has 0 aliphatic rings. The topological polar surface area (TPSA) is 87.4 Å². The van der Waals surface area contributed by atoms with Gasteiger partial charge in [0.2, 0.25) is 0 Å². The highest BCUT2D eigenvalue weighted by molar-refractivity contribution is 7.98. The summed E-state index contributed by atoms with van der Waals surface area (Å²) in [7, 11) is 0. The minimum atomic E-state index is -0.255. The monoisotopic (exact) mass is 419 g/mol. The van der Waals surface area contributed by atoms with E-state index in [-0.39, 0.29) is 24.6 Å². The predicted octanol–water partition coefficient (Wildman–Crippen LogP) is 2.87. The largest absolute Gasteiger partial charge is 0.394 e. The van der Waals surface area contributed by atoms with Gasteiger partial charge in [-0.15, -0.1) is 0 Å². The van der Waals surface area contributed by atoms with Crippen LogP contribution in [0.15, 0.2) is 48.5 Å². The molecular formula is C21H29N3O2S2. The standard InChI is InChI=1S/C21H29N3O2S2/c1-28-10-9-18(13-25)24-21(26)19-8-7-17(23-12-16(22)14-27)11-20(19)15-5-3-2-4-6-15/h2-8,11,16,18,23,25,27H,9-10,12-14,22H2,1H3,(H,24,26). The van der Waals surface area contributed by atoms with Crippen LogP contribution >= 0.6 is 24.4 Å². The predicted molar refractivity (Wildman–Crippen MR) is 124 cm³/mol. The molecule has 2 rings (SSSR count). The molecular weight excluding hydrogens is 390 g/mol. The second kappa shape index (κ2) is 12.0. The van der Waals surface area contributed by atoms with E-state index in [0.717, 1.165) is 29.0 Å². The average molecular weight is 420 g/mol. The minimum absolute atomic E-state index is 0.0479. The molecule has 0 aliphatic heterocycles. The summed E-state index contributed by atoms with van der Waals surface area (Å²) >= 11 is 5.90. The molecule has 0 bridgehead atoms. The van der Waals surface area contributed by atoms with Crippen molar-refractivity contribution in [3.63, 3.8) is 0 Å². The third kappa shape index (κ3) is 6.74. The Kier molecular flexibility index (Phi) is 9.70. The first kappa shape index (κ1) is 22.6. The van der Waals surface area contributed by atoms with E-state index in [0.29, 0.717) is 17.9 Å². The number of hydrogen-bond donors (Lipinski definition) is 5. The number of rotatable bonds is 11. The van der Waals surface area contributed by atoms with Crippen molar-refractivity contribution in [2.24, 2.45) is 5.73 Å². The quantitative estimate of drug-likeness (QED) is 0.362. The van der Waals surface area contributed by atoms with Crippen LogP contribution in [-0.4, -0.2) is 54.0 Å². The fourth-order valence-corrected chi connectivity index (χ4v) is 3.40.